The molecule has 1 heterocycles. The molecule has 1 aromatic rings. The van der Waals surface area contributed by atoms with Crippen LogP contribution in [0.15, 0.2) is 29.4 Å². The second-order valence-corrected chi connectivity index (χ2v) is 4.97. The fourth-order valence-corrected chi connectivity index (χ4v) is 2.34. The fourth-order valence-electron chi connectivity index (χ4n) is 2.34. The molecule has 1 saturated heterocycles. The van der Waals surface area contributed by atoms with E-state index in [9.17, 15) is 4.79 Å². The summed E-state index contributed by atoms with van der Waals surface area (Å²) in [5, 5.41) is 14.9. The Morgan fingerprint density at radius 3 is 2.95 bits per heavy atom. The molecule has 20 heavy (non-hydrogen) atoms. The molecule has 0 bridgehead atoms. The van der Waals surface area contributed by atoms with Crippen LogP contribution >= 0.6 is 0 Å². The van der Waals surface area contributed by atoms with E-state index >= 15 is 0 Å². The average molecular weight is 276 g/mol. The van der Waals surface area contributed by atoms with Crippen LogP contribution in [0.4, 0.5) is 5.69 Å². The summed E-state index contributed by atoms with van der Waals surface area (Å²) in [5.74, 6) is -0.0740. The van der Waals surface area contributed by atoms with Crippen LogP contribution < -0.4 is 5.32 Å². The topological polar surface area (TPSA) is 70.9 Å². The number of hydrogen-bond donors (Lipinski definition) is 2. The maximum absolute atomic E-state index is 12.1. The predicted octanol–water partition coefficient (Wildman–Crippen LogP) is 2.78. The first-order valence-electron chi connectivity index (χ1n) is 6.90. The van der Waals surface area contributed by atoms with Crippen molar-refractivity contribution in [3.05, 3.63) is 29.8 Å². The number of ether oxygens (including phenoxy) is 1. The zero-order chi connectivity index (χ0) is 14.4. The lowest BCUT2D eigenvalue weighted by molar-refractivity contribution is -0.119. The molecule has 1 aromatic carbocycles. The third kappa shape index (κ3) is 3.81. The SMILES string of the molecule is C/C(=N/O)c1ccccc1NC(=O)CC1CCCCO1. The lowest BCUT2D eigenvalue weighted by Gasteiger charge is -2.22. The van der Waals surface area contributed by atoms with Gasteiger partial charge in [-0.2, -0.15) is 0 Å². The van der Waals surface area contributed by atoms with E-state index in [2.05, 4.69) is 10.5 Å². The zero-order valence-electron chi connectivity index (χ0n) is 11.6. The van der Waals surface area contributed by atoms with Crippen LogP contribution in [0.1, 0.15) is 38.2 Å². The highest BCUT2D eigenvalue weighted by Crippen LogP contribution is 2.19. The number of nitrogens with zero attached hydrogens (tertiary/aromatic N) is 1. The number of anilines is 1. The molecule has 1 atom stereocenters. The molecular weight excluding hydrogens is 256 g/mol. The second kappa shape index (κ2) is 7.05. The minimum absolute atomic E-state index is 0.0171. The Hall–Kier alpha value is -1.88. The molecule has 1 unspecified atom stereocenters. The van der Waals surface area contributed by atoms with Crippen LogP contribution in [-0.4, -0.2) is 29.5 Å². The van der Waals surface area contributed by atoms with Gasteiger partial charge in [0.15, 0.2) is 0 Å². The van der Waals surface area contributed by atoms with Gasteiger partial charge in [0.05, 0.1) is 18.2 Å². The van der Waals surface area contributed by atoms with Crippen LogP contribution in [0.5, 0.6) is 0 Å². The number of amides is 1. The van der Waals surface area contributed by atoms with Crippen molar-refractivity contribution in [1.82, 2.24) is 0 Å². The number of carbonyl (C=O) groups excluding carboxylic acids is 1. The summed E-state index contributed by atoms with van der Waals surface area (Å²) in [6.07, 6.45) is 3.51. The zero-order valence-corrected chi connectivity index (χ0v) is 11.6. The highest BCUT2D eigenvalue weighted by atomic mass is 16.5. The van der Waals surface area contributed by atoms with Gasteiger partial charge in [0.1, 0.15) is 0 Å². The first kappa shape index (κ1) is 14.5. The molecule has 2 rings (SSSR count). The first-order valence-corrected chi connectivity index (χ1v) is 6.90. The number of nitrogens with one attached hydrogen (secondary N) is 1. The van der Waals surface area contributed by atoms with Crippen molar-refractivity contribution in [1.29, 1.82) is 0 Å². The van der Waals surface area contributed by atoms with Gasteiger partial charge in [-0.3, -0.25) is 4.79 Å². The molecule has 0 aliphatic carbocycles. The predicted molar refractivity (Wildman–Crippen MR) is 77.3 cm³/mol. The number of oxime groups is 1. The molecule has 1 aliphatic rings. The summed E-state index contributed by atoms with van der Waals surface area (Å²) in [6.45, 7) is 2.43. The van der Waals surface area contributed by atoms with Crippen molar-refractivity contribution in [3.63, 3.8) is 0 Å². The van der Waals surface area contributed by atoms with Crippen LogP contribution in [0.2, 0.25) is 0 Å². The number of carbonyl (C=O) groups is 1. The van der Waals surface area contributed by atoms with E-state index in [1.54, 1.807) is 13.0 Å². The monoisotopic (exact) mass is 276 g/mol. The smallest absolute Gasteiger partial charge is 0.227 e. The van der Waals surface area contributed by atoms with Crippen molar-refractivity contribution >= 4 is 17.3 Å². The molecule has 1 aliphatic heterocycles. The molecule has 0 saturated carbocycles. The van der Waals surface area contributed by atoms with Gasteiger partial charge in [-0.1, -0.05) is 23.4 Å². The highest BCUT2D eigenvalue weighted by molar-refractivity contribution is 6.06. The van der Waals surface area contributed by atoms with Crippen molar-refractivity contribution in [3.8, 4) is 0 Å². The molecule has 1 amide bonds. The standard InChI is InChI=1S/C15H20N2O3/c1-11(17-19)13-7-2-3-8-14(13)16-15(18)10-12-6-4-5-9-20-12/h2-3,7-8,12,19H,4-6,9-10H2,1H3,(H,16,18)/b17-11-. The van der Waals surface area contributed by atoms with Crippen molar-refractivity contribution in [2.75, 3.05) is 11.9 Å². The molecule has 0 aromatic heterocycles. The van der Waals surface area contributed by atoms with Gasteiger partial charge in [0, 0.05) is 17.9 Å². The van der Waals surface area contributed by atoms with E-state index in [0.717, 1.165) is 25.9 Å². The van der Waals surface area contributed by atoms with Crippen LogP contribution in [0.25, 0.3) is 0 Å². The summed E-state index contributed by atoms with van der Waals surface area (Å²) in [5.41, 5.74) is 1.84. The fraction of sp³-hybridized carbons (Fsp3) is 0.467. The van der Waals surface area contributed by atoms with Gasteiger partial charge < -0.3 is 15.3 Å². The van der Waals surface area contributed by atoms with Crippen LogP contribution in [0, 0.1) is 0 Å². The number of para-hydroxylation sites is 1. The molecule has 0 spiro atoms. The number of benzene rings is 1. The molecule has 1 fully saturated rings. The van der Waals surface area contributed by atoms with E-state index in [0.29, 0.717) is 23.4 Å². The minimum Gasteiger partial charge on any atom is -0.411 e. The largest absolute Gasteiger partial charge is 0.411 e. The van der Waals surface area contributed by atoms with Gasteiger partial charge >= 0.3 is 0 Å². The normalized spacial score (nSPS) is 19.6. The maximum atomic E-state index is 12.1. The lowest BCUT2D eigenvalue weighted by Crippen LogP contribution is -2.26. The van der Waals surface area contributed by atoms with Crippen LogP contribution in [0.3, 0.4) is 0 Å². The van der Waals surface area contributed by atoms with E-state index in [4.69, 9.17) is 9.94 Å². The van der Waals surface area contributed by atoms with Crippen molar-refractivity contribution in [2.24, 2.45) is 5.16 Å². The molecule has 5 heteroatoms. The van der Waals surface area contributed by atoms with E-state index < -0.39 is 0 Å². The minimum atomic E-state index is -0.0740. The Morgan fingerprint density at radius 1 is 1.45 bits per heavy atom. The van der Waals surface area contributed by atoms with Gasteiger partial charge in [-0.15, -0.1) is 0 Å². The third-order valence-corrected chi connectivity index (χ3v) is 3.43. The van der Waals surface area contributed by atoms with Crippen molar-refractivity contribution in [2.45, 2.75) is 38.7 Å². The Labute approximate surface area is 118 Å². The third-order valence-electron chi connectivity index (χ3n) is 3.43. The molecule has 2 N–H and O–H groups in total. The van der Waals surface area contributed by atoms with E-state index in [1.165, 1.54) is 0 Å². The molecule has 0 radical (unpaired) electrons. The van der Waals surface area contributed by atoms with Crippen molar-refractivity contribution < 1.29 is 14.7 Å². The second-order valence-electron chi connectivity index (χ2n) is 4.97. The summed E-state index contributed by atoms with van der Waals surface area (Å²) in [7, 11) is 0. The van der Waals surface area contributed by atoms with E-state index in [1.807, 2.05) is 18.2 Å². The molecule has 5 nitrogen and oxygen atoms in total. The summed E-state index contributed by atoms with van der Waals surface area (Å²) < 4.78 is 5.56. The summed E-state index contributed by atoms with van der Waals surface area (Å²) >= 11 is 0. The average Bonchev–Trinajstić information content (AvgIpc) is 2.48. The molecular formula is C15H20N2O3. The Balaban J connectivity index is 2.00. The van der Waals surface area contributed by atoms with Crippen LogP contribution in [-0.2, 0) is 9.53 Å². The first-order chi connectivity index (χ1) is 9.70. The highest BCUT2D eigenvalue weighted by Gasteiger charge is 2.18. The quantitative estimate of drug-likeness (QED) is 0.504. The van der Waals surface area contributed by atoms with E-state index in [-0.39, 0.29) is 12.0 Å². The van der Waals surface area contributed by atoms with Gasteiger partial charge in [-0.25, -0.2) is 0 Å². The van der Waals surface area contributed by atoms with Gasteiger partial charge in [0.25, 0.3) is 0 Å². The van der Waals surface area contributed by atoms with Gasteiger partial charge in [0.2, 0.25) is 5.91 Å². The Morgan fingerprint density at radius 2 is 2.25 bits per heavy atom. The Kier molecular flexibility index (Phi) is 5.12. The van der Waals surface area contributed by atoms with Gasteiger partial charge in [-0.05, 0) is 32.3 Å². The summed E-state index contributed by atoms with van der Waals surface area (Å²) in [4.78, 5) is 12.1. The number of hydrogen-bond acceptors (Lipinski definition) is 4. The molecule has 108 valence electrons. The lowest BCUT2D eigenvalue weighted by atomic mass is 10.1. The summed E-state index contributed by atoms with van der Waals surface area (Å²) in [6, 6.07) is 7.27. The Bertz CT molecular complexity index is 494. The maximum Gasteiger partial charge on any atom is 0.227 e. The number of rotatable bonds is 4.